The molecule has 1 fully saturated rings. The van der Waals surface area contributed by atoms with Crippen LogP contribution < -0.4 is 4.74 Å². The number of fused-ring (bicyclic) bond motifs is 5. The molecule has 0 radical (unpaired) electrons. The van der Waals surface area contributed by atoms with Crippen LogP contribution in [0.15, 0.2) is 30.4 Å². The fourth-order valence-corrected chi connectivity index (χ4v) is 5.67. The second kappa shape index (κ2) is 5.22. The summed E-state index contributed by atoms with van der Waals surface area (Å²) in [6.45, 7) is 4.50. The van der Waals surface area contributed by atoms with Crippen LogP contribution in [0, 0.1) is 23.2 Å². The SMILES string of the molecule is CC[C@H]1C[C@]2(C)C(=O)C=C[C@H]2[C@@H]2CCc3cc(OC)ccc3[C@@H]12. The average molecular weight is 310 g/mol. The van der Waals surface area contributed by atoms with Crippen LogP contribution >= 0.6 is 0 Å². The van der Waals surface area contributed by atoms with Crippen LogP contribution in [0.4, 0.5) is 0 Å². The van der Waals surface area contributed by atoms with Crippen molar-refractivity contribution in [2.75, 3.05) is 7.11 Å². The third kappa shape index (κ3) is 2.03. The van der Waals surface area contributed by atoms with E-state index in [4.69, 9.17) is 4.74 Å². The molecule has 4 rings (SSSR count). The van der Waals surface area contributed by atoms with Crippen molar-refractivity contribution in [3.05, 3.63) is 41.5 Å². The van der Waals surface area contributed by atoms with Crippen molar-refractivity contribution in [2.24, 2.45) is 23.2 Å². The third-order valence-corrected chi connectivity index (χ3v) is 6.85. The summed E-state index contributed by atoms with van der Waals surface area (Å²) in [4.78, 5) is 12.5. The van der Waals surface area contributed by atoms with E-state index < -0.39 is 0 Å². The fourth-order valence-electron chi connectivity index (χ4n) is 5.67. The molecule has 3 aliphatic carbocycles. The highest BCUT2D eigenvalue weighted by molar-refractivity contribution is 5.97. The summed E-state index contributed by atoms with van der Waals surface area (Å²) in [7, 11) is 1.74. The lowest BCUT2D eigenvalue weighted by atomic mass is 9.51. The van der Waals surface area contributed by atoms with Crippen LogP contribution in [0.5, 0.6) is 5.75 Å². The Morgan fingerprint density at radius 3 is 2.91 bits per heavy atom. The summed E-state index contributed by atoms with van der Waals surface area (Å²) in [5.74, 6) is 3.58. The number of hydrogen-bond donors (Lipinski definition) is 0. The Bertz CT molecular complexity index is 674. The maximum Gasteiger partial charge on any atom is 0.161 e. The van der Waals surface area contributed by atoms with E-state index in [1.54, 1.807) is 7.11 Å². The highest BCUT2D eigenvalue weighted by Gasteiger charge is 2.55. The molecule has 0 aliphatic heterocycles. The smallest absolute Gasteiger partial charge is 0.161 e. The summed E-state index contributed by atoms with van der Waals surface area (Å²) >= 11 is 0. The van der Waals surface area contributed by atoms with Gasteiger partial charge in [0.1, 0.15) is 5.75 Å². The minimum absolute atomic E-state index is 0.147. The molecule has 0 N–H and O–H groups in total. The number of methoxy groups -OCH3 is 1. The fraction of sp³-hybridized carbons (Fsp3) is 0.571. The van der Waals surface area contributed by atoms with E-state index in [0.29, 0.717) is 29.5 Å². The van der Waals surface area contributed by atoms with Crippen molar-refractivity contribution in [3.8, 4) is 5.75 Å². The van der Waals surface area contributed by atoms with E-state index in [0.717, 1.165) is 25.0 Å². The highest BCUT2D eigenvalue weighted by Crippen LogP contribution is 2.60. The third-order valence-electron chi connectivity index (χ3n) is 6.85. The number of carbonyl (C=O) groups is 1. The number of rotatable bonds is 2. The van der Waals surface area contributed by atoms with Gasteiger partial charge < -0.3 is 4.74 Å². The van der Waals surface area contributed by atoms with E-state index in [1.165, 1.54) is 17.5 Å². The molecule has 0 heterocycles. The number of hydrogen-bond acceptors (Lipinski definition) is 2. The number of allylic oxidation sites excluding steroid dienone is 2. The van der Waals surface area contributed by atoms with Gasteiger partial charge in [0.05, 0.1) is 7.11 Å². The zero-order chi connectivity index (χ0) is 16.2. The molecule has 1 aromatic carbocycles. The van der Waals surface area contributed by atoms with Gasteiger partial charge in [0.25, 0.3) is 0 Å². The summed E-state index contributed by atoms with van der Waals surface area (Å²) in [6, 6.07) is 6.62. The van der Waals surface area contributed by atoms with Gasteiger partial charge >= 0.3 is 0 Å². The molecule has 3 aliphatic rings. The lowest BCUT2D eigenvalue weighted by Gasteiger charge is -2.52. The molecule has 23 heavy (non-hydrogen) atoms. The van der Waals surface area contributed by atoms with E-state index in [-0.39, 0.29) is 5.41 Å². The van der Waals surface area contributed by atoms with Crippen molar-refractivity contribution in [3.63, 3.8) is 0 Å². The first-order chi connectivity index (χ1) is 11.1. The molecule has 0 saturated heterocycles. The monoisotopic (exact) mass is 310 g/mol. The van der Waals surface area contributed by atoms with Gasteiger partial charge in [0.15, 0.2) is 5.78 Å². The Hall–Kier alpha value is -1.57. The van der Waals surface area contributed by atoms with Gasteiger partial charge in [-0.15, -0.1) is 0 Å². The molecule has 0 unspecified atom stereocenters. The minimum Gasteiger partial charge on any atom is -0.497 e. The molecule has 2 heteroatoms. The molecule has 1 saturated carbocycles. The summed E-state index contributed by atoms with van der Waals surface area (Å²) in [5.41, 5.74) is 2.83. The van der Waals surface area contributed by atoms with Gasteiger partial charge in [-0.05, 0) is 72.3 Å². The van der Waals surface area contributed by atoms with Crippen molar-refractivity contribution in [1.82, 2.24) is 0 Å². The normalized spacial score (nSPS) is 38.0. The lowest BCUT2D eigenvalue weighted by molar-refractivity contribution is -0.128. The first-order valence-corrected chi connectivity index (χ1v) is 8.98. The van der Waals surface area contributed by atoms with E-state index >= 15 is 0 Å². The largest absolute Gasteiger partial charge is 0.497 e. The minimum atomic E-state index is -0.147. The van der Waals surface area contributed by atoms with Crippen LogP contribution in [-0.4, -0.2) is 12.9 Å². The maximum absolute atomic E-state index is 12.5. The van der Waals surface area contributed by atoms with Crippen LogP contribution in [0.3, 0.4) is 0 Å². The highest BCUT2D eigenvalue weighted by atomic mass is 16.5. The first kappa shape index (κ1) is 15.0. The molecular formula is C21H26O2. The van der Waals surface area contributed by atoms with Crippen molar-refractivity contribution in [2.45, 2.75) is 45.4 Å². The molecule has 1 aromatic rings. The molecule has 0 aromatic heterocycles. The Morgan fingerprint density at radius 1 is 1.35 bits per heavy atom. The Morgan fingerprint density at radius 2 is 2.17 bits per heavy atom. The van der Waals surface area contributed by atoms with Gasteiger partial charge in [-0.3, -0.25) is 4.79 Å². The first-order valence-electron chi connectivity index (χ1n) is 8.98. The van der Waals surface area contributed by atoms with Crippen molar-refractivity contribution < 1.29 is 9.53 Å². The predicted molar refractivity (Wildman–Crippen MR) is 91.7 cm³/mol. The summed E-state index contributed by atoms with van der Waals surface area (Å²) in [5, 5.41) is 0. The Labute approximate surface area is 138 Å². The Kier molecular flexibility index (Phi) is 3.40. The summed E-state index contributed by atoms with van der Waals surface area (Å²) in [6.07, 6.45) is 8.58. The standard InChI is InChI=1S/C21H26O2/c1-4-13-12-21(2)18(9-10-19(21)22)17-7-5-14-11-15(23-3)6-8-16(14)20(13)17/h6,8-11,13,17-18,20H,4-5,7,12H2,1-3H3/t13-,17-,18-,20+,21-/m0/s1. The van der Waals surface area contributed by atoms with Gasteiger partial charge in [0, 0.05) is 5.41 Å². The number of carbonyl (C=O) groups excluding carboxylic acids is 1. The van der Waals surface area contributed by atoms with Crippen LogP contribution in [0.2, 0.25) is 0 Å². The number of ether oxygens (including phenoxy) is 1. The topological polar surface area (TPSA) is 26.3 Å². The maximum atomic E-state index is 12.5. The van der Waals surface area contributed by atoms with E-state index in [9.17, 15) is 4.79 Å². The zero-order valence-electron chi connectivity index (χ0n) is 14.3. The van der Waals surface area contributed by atoms with Gasteiger partial charge in [-0.25, -0.2) is 0 Å². The number of aryl methyl sites for hydroxylation is 1. The predicted octanol–water partition coefficient (Wildman–Crippen LogP) is 4.53. The van der Waals surface area contributed by atoms with Crippen LogP contribution in [0.25, 0.3) is 0 Å². The van der Waals surface area contributed by atoms with Gasteiger partial charge in [-0.2, -0.15) is 0 Å². The van der Waals surface area contributed by atoms with Crippen LogP contribution in [-0.2, 0) is 11.2 Å². The molecule has 5 atom stereocenters. The molecule has 122 valence electrons. The number of ketones is 1. The van der Waals surface area contributed by atoms with Gasteiger partial charge in [0.2, 0.25) is 0 Å². The molecule has 0 amide bonds. The van der Waals surface area contributed by atoms with Gasteiger partial charge in [-0.1, -0.05) is 32.4 Å². The lowest BCUT2D eigenvalue weighted by Crippen LogP contribution is -2.47. The molecular weight excluding hydrogens is 284 g/mol. The quantitative estimate of drug-likeness (QED) is 0.802. The zero-order valence-corrected chi connectivity index (χ0v) is 14.3. The number of benzene rings is 1. The molecule has 0 spiro atoms. The van der Waals surface area contributed by atoms with E-state index in [2.05, 4.69) is 38.1 Å². The van der Waals surface area contributed by atoms with Crippen molar-refractivity contribution >= 4 is 5.78 Å². The molecule has 2 nitrogen and oxygen atoms in total. The van der Waals surface area contributed by atoms with E-state index in [1.807, 2.05) is 6.08 Å². The second-order valence-electron chi connectivity index (χ2n) is 7.83. The summed E-state index contributed by atoms with van der Waals surface area (Å²) < 4.78 is 5.41. The Balaban J connectivity index is 1.78. The molecule has 0 bridgehead atoms. The average Bonchev–Trinajstić information content (AvgIpc) is 2.88. The van der Waals surface area contributed by atoms with Crippen molar-refractivity contribution in [1.29, 1.82) is 0 Å². The second-order valence-corrected chi connectivity index (χ2v) is 7.83. The van der Waals surface area contributed by atoms with Crippen LogP contribution in [0.1, 0.15) is 50.2 Å².